The van der Waals surface area contributed by atoms with Gasteiger partial charge in [0.1, 0.15) is 5.82 Å². The Morgan fingerprint density at radius 1 is 1.50 bits per heavy atom. The maximum Gasteiger partial charge on any atom is 0.330 e. The van der Waals surface area contributed by atoms with Gasteiger partial charge in [0.25, 0.3) is 0 Å². The number of carbonyl (C=O) groups is 1. The molecule has 94 valence electrons. The van der Waals surface area contributed by atoms with E-state index in [0.29, 0.717) is 22.3 Å². The first kappa shape index (κ1) is 12.8. The first-order chi connectivity index (χ1) is 8.60. The van der Waals surface area contributed by atoms with Crippen molar-refractivity contribution in [1.82, 2.24) is 4.98 Å². The van der Waals surface area contributed by atoms with Crippen molar-refractivity contribution in [3.63, 3.8) is 0 Å². The van der Waals surface area contributed by atoms with E-state index in [-0.39, 0.29) is 5.82 Å². The van der Waals surface area contributed by atoms with Gasteiger partial charge in [0.15, 0.2) is 0 Å². The average Bonchev–Trinajstić information content (AvgIpc) is 2.70. The minimum atomic E-state index is -0.401. The molecule has 0 unspecified atom stereocenters. The van der Waals surface area contributed by atoms with Gasteiger partial charge >= 0.3 is 5.97 Å². The molecular weight excluding hydrogens is 301 g/mol. The fourth-order valence-electron chi connectivity index (χ4n) is 1.62. The summed E-state index contributed by atoms with van der Waals surface area (Å²) in [5.74, 6) is -0.724. The van der Waals surface area contributed by atoms with Gasteiger partial charge in [-0.15, -0.1) is 0 Å². The molecule has 0 atom stereocenters. The molecule has 3 nitrogen and oxygen atoms in total. The van der Waals surface area contributed by atoms with Crippen LogP contribution in [0.5, 0.6) is 0 Å². The lowest BCUT2D eigenvalue weighted by molar-refractivity contribution is -0.137. The van der Waals surface area contributed by atoms with Gasteiger partial charge in [0.05, 0.1) is 6.61 Å². The average molecular weight is 312 g/mol. The minimum absolute atomic E-state index is 0.322. The first-order valence-electron chi connectivity index (χ1n) is 5.42. The smallest absolute Gasteiger partial charge is 0.330 e. The predicted molar refractivity (Wildman–Crippen MR) is 71.6 cm³/mol. The number of hydrogen-bond donors (Lipinski definition) is 1. The summed E-state index contributed by atoms with van der Waals surface area (Å²) in [6.07, 6.45) is 2.93. The maximum atomic E-state index is 13.2. The van der Waals surface area contributed by atoms with Crippen LogP contribution < -0.4 is 0 Å². The van der Waals surface area contributed by atoms with Gasteiger partial charge in [-0.3, -0.25) is 0 Å². The Balaban J connectivity index is 2.31. The molecule has 1 aromatic heterocycles. The van der Waals surface area contributed by atoms with E-state index in [1.807, 2.05) is 6.07 Å². The number of carbonyl (C=O) groups excluding carboxylic acids is 1. The Morgan fingerprint density at radius 3 is 3.00 bits per heavy atom. The molecule has 5 heteroatoms. The van der Waals surface area contributed by atoms with Gasteiger partial charge in [-0.05, 0) is 47.1 Å². The second-order valence-corrected chi connectivity index (χ2v) is 4.51. The third-order valence-corrected chi connectivity index (χ3v) is 3.01. The molecule has 0 radical (unpaired) electrons. The van der Waals surface area contributed by atoms with E-state index in [4.69, 9.17) is 4.74 Å². The zero-order valence-corrected chi connectivity index (χ0v) is 11.3. The molecule has 18 heavy (non-hydrogen) atoms. The molecule has 0 spiro atoms. The third kappa shape index (κ3) is 2.79. The molecule has 1 N–H and O–H groups in total. The molecule has 0 saturated heterocycles. The number of fused-ring (bicyclic) bond motifs is 1. The number of ether oxygens (including phenoxy) is 1. The van der Waals surface area contributed by atoms with Crippen LogP contribution in [0, 0.1) is 5.82 Å². The quantitative estimate of drug-likeness (QED) is 0.694. The fraction of sp³-hybridized carbons (Fsp3) is 0.154. The topological polar surface area (TPSA) is 42.1 Å². The standard InChI is InChI=1S/C13H11BrFNO2/c1-2-18-13(17)4-3-9-7-10-11(14)5-8(15)6-12(10)16-9/h3-7,16H,2H2,1H3. The van der Waals surface area contributed by atoms with Crippen molar-refractivity contribution in [3.05, 3.63) is 40.3 Å². The van der Waals surface area contributed by atoms with E-state index in [9.17, 15) is 9.18 Å². The van der Waals surface area contributed by atoms with Crippen molar-refractivity contribution in [2.24, 2.45) is 0 Å². The van der Waals surface area contributed by atoms with Crippen LogP contribution >= 0.6 is 15.9 Å². The molecule has 0 fully saturated rings. The summed E-state index contributed by atoms with van der Waals surface area (Å²) in [5, 5.41) is 0.861. The lowest BCUT2D eigenvalue weighted by atomic mass is 10.2. The zero-order valence-electron chi connectivity index (χ0n) is 9.67. The molecule has 2 rings (SSSR count). The van der Waals surface area contributed by atoms with Crippen LogP contribution in [0.25, 0.3) is 17.0 Å². The lowest BCUT2D eigenvalue weighted by Gasteiger charge is -1.93. The van der Waals surface area contributed by atoms with Gasteiger partial charge < -0.3 is 9.72 Å². The highest BCUT2D eigenvalue weighted by molar-refractivity contribution is 9.10. The Hall–Kier alpha value is -1.62. The summed E-state index contributed by atoms with van der Waals surface area (Å²) >= 11 is 3.29. The predicted octanol–water partition coefficient (Wildman–Crippen LogP) is 3.65. The molecule has 1 heterocycles. The highest BCUT2D eigenvalue weighted by atomic mass is 79.9. The zero-order chi connectivity index (χ0) is 13.1. The van der Waals surface area contributed by atoms with E-state index in [0.717, 1.165) is 5.39 Å². The Kier molecular flexibility index (Phi) is 3.81. The second-order valence-electron chi connectivity index (χ2n) is 3.66. The van der Waals surface area contributed by atoms with Crippen molar-refractivity contribution in [3.8, 4) is 0 Å². The lowest BCUT2D eigenvalue weighted by Crippen LogP contribution is -1.98. The Labute approximate surface area is 112 Å². The fourth-order valence-corrected chi connectivity index (χ4v) is 2.17. The van der Waals surface area contributed by atoms with E-state index >= 15 is 0 Å². The van der Waals surface area contributed by atoms with Crippen LogP contribution in [0.4, 0.5) is 4.39 Å². The first-order valence-corrected chi connectivity index (χ1v) is 6.22. The molecular formula is C13H11BrFNO2. The Bertz CT molecular complexity index is 619. The summed E-state index contributed by atoms with van der Waals surface area (Å²) in [6.45, 7) is 2.08. The number of hydrogen-bond acceptors (Lipinski definition) is 2. The van der Waals surface area contributed by atoms with Gasteiger partial charge in [0.2, 0.25) is 0 Å². The normalized spacial score (nSPS) is 11.3. The summed E-state index contributed by atoms with van der Waals surface area (Å²) in [5.41, 5.74) is 1.38. The van der Waals surface area contributed by atoms with E-state index < -0.39 is 5.97 Å². The number of aromatic nitrogens is 1. The molecule has 0 bridgehead atoms. The number of H-pyrrole nitrogens is 1. The van der Waals surface area contributed by atoms with Crippen LogP contribution in [0.3, 0.4) is 0 Å². The van der Waals surface area contributed by atoms with Crippen molar-refractivity contribution in [1.29, 1.82) is 0 Å². The number of benzene rings is 1. The Morgan fingerprint density at radius 2 is 2.28 bits per heavy atom. The van der Waals surface area contributed by atoms with Gasteiger partial charge in [-0.2, -0.15) is 0 Å². The number of rotatable bonds is 3. The van der Waals surface area contributed by atoms with Crippen LogP contribution in [0.2, 0.25) is 0 Å². The third-order valence-electron chi connectivity index (χ3n) is 2.36. The molecule has 0 amide bonds. The molecule has 0 aliphatic heterocycles. The largest absolute Gasteiger partial charge is 0.463 e. The number of aromatic amines is 1. The summed E-state index contributed by atoms with van der Waals surface area (Å²) in [4.78, 5) is 14.2. The van der Waals surface area contributed by atoms with Crippen molar-refractivity contribution in [2.75, 3.05) is 6.61 Å². The minimum Gasteiger partial charge on any atom is -0.463 e. The summed E-state index contributed by atoms with van der Waals surface area (Å²) in [7, 11) is 0. The monoisotopic (exact) mass is 311 g/mol. The molecule has 0 saturated carbocycles. The van der Waals surface area contributed by atoms with E-state index in [2.05, 4.69) is 20.9 Å². The van der Waals surface area contributed by atoms with Gasteiger partial charge in [-0.1, -0.05) is 0 Å². The van der Waals surface area contributed by atoms with E-state index in [1.165, 1.54) is 18.2 Å². The van der Waals surface area contributed by atoms with Crippen LogP contribution in [0.15, 0.2) is 28.7 Å². The van der Waals surface area contributed by atoms with Crippen molar-refractivity contribution < 1.29 is 13.9 Å². The second kappa shape index (κ2) is 5.35. The molecule has 0 aliphatic carbocycles. The SMILES string of the molecule is CCOC(=O)C=Cc1cc2c(Br)cc(F)cc2[nH]1. The molecule has 0 aliphatic rings. The molecule has 1 aromatic carbocycles. The number of halogens is 2. The van der Waals surface area contributed by atoms with Crippen LogP contribution in [-0.4, -0.2) is 17.6 Å². The van der Waals surface area contributed by atoms with E-state index in [1.54, 1.807) is 13.0 Å². The van der Waals surface area contributed by atoms with Crippen molar-refractivity contribution >= 4 is 38.9 Å². The summed E-state index contributed by atoms with van der Waals surface area (Å²) < 4.78 is 18.6. The van der Waals surface area contributed by atoms with Crippen LogP contribution in [0.1, 0.15) is 12.6 Å². The van der Waals surface area contributed by atoms with Gasteiger partial charge in [0, 0.05) is 27.1 Å². The number of esters is 1. The number of nitrogens with one attached hydrogen (secondary N) is 1. The maximum absolute atomic E-state index is 13.2. The van der Waals surface area contributed by atoms with Crippen molar-refractivity contribution in [2.45, 2.75) is 6.92 Å². The highest BCUT2D eigenvalue weighted by Crippen LogP contribution is 2.26. The molecule has 2 aromatic rings. The van der Waals surface area contributed by atoms with Gasteiger partial charge in [-0.25, -0.2) is 9.18 Å². The summed E-state index contributed by atoms with van der Waals surface area (Å²) in [6, 6.07) is 4.63. The van der Waals surface area contributed by atoms with Crippen LogP contribution in [-0.2, 0) is 9.53 Å². The highest BCUT2D eigenvalue weighted by Gasteiger charge is 2.05.